The van der Waals surface area contributed by atoms with Crippen molar-refractivity contribution in [2.45, 2.75) is 47.0 Å². The monoisotopic (exact) mass is 392 g/mol. The SMILES string of the molecule is CC(C)CNC(=O)[C@H]1CCc2nc(N3CCN(C(=O)C(C)C)CC3)sc2C1. The normalized spacial score (nSPS) is 20.1. The lowest BCUT2D eigenvalue weighted by Gasteiger charge is -2.35. The van der Waals surface area contributed by atoms with E-state index in [1.54, 1.807) is 11.3 Å². The third-order valence-electron chi connectivity index (χ3n) is 5.34. The molecule has 0 saturated carbocycles. The summed E-state index contributed by atoms with van der Waals surface area (Å²) in [5.74, 6) is 1.03. The molecule has 2 amide bonds. The molecule has 2 heterocycles. The molecule has 1 aliphatic heterocycles. The van der Waals surface area contributed by atoms with Crippen LogP contribution in [0.4, 0.5) is 5.13 Å². The Hall–Kier alpha value is -1.63. The number of carbonyl (C=O) groups is 2. The van der Waals surface area contributed by atoms with Gasteiger partial charge < -0.3 is 15.1 Å². The van der Waals surface area contributed by atoms with Crippen molar-refractivity contribution in [1.82, 2.24) is 15.2 Å². The lowest BCUT2D eigenvalue weighted by molar-refractivity contribution is -0.134. The van der Waals surface area contributed by atoms with Gasteiger partial charge in [0.25, 0.3) is 0 Å². The molecule has 2 aliphatic rings. The maximum Gasteiger partial charge on any atom is 0.225 e. The zero-order valence-corrected chi connectivity index (χ0v) is 17.8. The highest BCUT2D eigenvalue weighted by molar-refractivity contribution is 7.15. The van der Waals surface area contributed by atoms with Gasteiger partial charge in [0.05, 0.1) is 5.69 Å². The van der Waals surface area contributed by atoms with Crippen molar-refractivity contribution in [2.24, 2.45) is 17.8 Å². The van der Waals surface area contributed by atoms with E-state index in [9.17, 15) is 9.59 Å². The molecule has 1 N–H and O–H groups in total. The van der Waals surface area contributed by atoms with Gasteiger partial charge in [-0.2, -0.15) is 0 Å². The molecule has 0 bridgehead atoms. The molecular weight excluding hydrogens is 360 g/mol. The second-order valence-corrected chi connectivity index (χ2v) is 9.47. The van der Waals surface area contributed by atoms with E-state index >= 15 is 0 Å². The molecule has 1 saturated heterocycles. The van der Waals surface area contributed by atoms with Crippen LogP contribution in [0.2, 0.25) is 0 Å². The van der Waals surface area contributed by atoms with Crippen molar-refractivity contribution in [1.29, 1.82) is 0 Å². The summed E-state index contributed by atoms with van der Waals surface area (Å²) in [5, 5.41) is 4.13. The molecule has 1 atom stereocenters. The predicted octanol–water partition coefficient (Wildman–Crippen LogP) is 2.32. The summed E-state index contributed by atoms with van der Waals surface area (Å²) in [6, 6.07) is 0. The lowest BCUT2D eigenvalue weighted by Crippen LogP contribution is -2.49. The Morgan fingerprint density at radius 2 is 1.89 bits per heavy atom. The zero-order valence-electron chi connectivity index (χ0n) is 17.0. The van der Waals surface area contributed by atoms with Gasteiger partial charge in [-0.25, -0.2) is 4.98 Å². The van der Waals surface area contributed by atoms with E-state index in [0.29, 0.717) is 5.92 Å². The third-order valence-corrected chi connectivity index (χ3v) is 6.52. The number of hydrogen-bond donors (Lipinski definition) is 1. The van der Waals surface area contributed by atoms with Crippen LogP contribution < -0.4 is 10.2 Å². The van der Waals surface area contributed by atoms with Crippen molar-refractivity contribution in [2.75, 3.05) is 37.6 Å². The molecule has 3 rings (SSSR count). The van der Waals surface area contributed by atoms with Gasteiger partial charge in [0.15, 0.2) is 5.13 Å². The molecule has 27 heavy (non-hydrogen) atoms. The molecule has 0 unspecified atom stereocenters. The number of amides is 2. The van der Waals surface area contributed by atoms with E-state index in [4.69, 9.17) is 4.98 Å². The number of aryl methyl sites for hydroxylation is 1. The molecule has 1 fully saturated rings. The summed E-state index contributed by atoms with van der Waals surface area (Å²) in [7, 11) is 0. The number of nitrogens with zero attached hydrogens (tertiary/aromatic N) is 3. The van der Waals surface area contributed by atoms with Crippen molar-refractivity contribution in [3.63, 3.8) is 0 Å². The van der Waals surface area contributed by atoms with E-state index in [-0.39, 0.29) is 23.7 Å². The number of fused-ring (bicyclic) bond motifs is 1. The largest absolute Gasteiger partial charge is 0.356 e. The summed E-state index contributed by atoms with van der Waals surface area (Å²) >= 11 is 1.73. The Morgan fingerprint density at radius 3 is 2.52 bits per heavy atom. The average molecular weight is 393 g/mol. The van der Waals surface area contributed by atoms with Crippen LogP contribution in [0.15, 0.2) is 0 Å². The van der Waals surface area contributed by atoms with Crippen molar-refractivity contribution >= 4 is 28.3 Å². The number of piperazine rings is 1. The van der Waals surface area contributed by atoms with Gasteiger partial charge >= 0.3 is 0 Å². The first-order chi connectivity index (χ1) is 12.8. The van der Waals surface area contributed by atoms with E-state index in [1.165, 1.54) is 10.6 Å². The van der Waals surface area contributed by atoms with Gasteiger partial charge in [0, 0.05) is 49.4 Å². The smallest absolute Gasteiger partial charge is 0.225 e. The Bertz CT molecular complexity index is 678. The van der Waals surface area contributed by atoms with E-state index in [0.717, 1.165) is 57.1 Å². The highest BCUT2D eigenvalue weighted by Gasteiger charge is 2.30. The van der Waals surface area contributed by atoms with Crippen LogP contribution in [-0.4, -0.2) is 54.4 Å². The van der Waals surface area contributed by atoms with E-state index in [1.807, 2.05) is 18.7 Å². The molecule has 0 spiro atoms. The lowest BCUT2D eigenvalue weighted by atomic mass is 9.90. The van der Waals surface area contributed by atoms with Crippen molar-refractivity contribution in [3.8, 4) is 0 Å². The van der Waals surface area contributed by atoms with Crippen LogP contribution in [0.1, 0.15) is 44.7 Å². The minimum atomic E-state index is 0.0579. The second kappa shape index (κ2) is 8.59. The van der Waals surface area contributed by atoms with E-state index in [2.05, 4.69) is 24.1 Å². The topological polar surface area (TPSA) is 65.5 Å². The van der Waals surface area contributed by atoms with E-state index < -0.39 is 0 Å². The van der Waals surface area contributed by atoms with Crippen LogP contribution in [0, 0.1) is 17.8 Å². The number of nitrogens with one attached hydrogen (secondary N) is 1. The Morgan fingerprint density at radius 1 is 1.19 bits per heavy atom. The van der Waals surface area contributed by atoms with Gasteiger partial charge in [-0.1, -0.05) is 27.7 Å². The van der Waals surface area contributed by atoms with Crippen molar-refractivity contribution in [3.05, 3.63) is 10.6 Å². The summed E-state index contributed by atoms with van der Waals surface area (Å²) in [5.41, 5.74) is 1.17. The van der Waals surface area contributed by atoms with Crippen LogP contribution in [0.3, 0.4) is 0 Å². The van der Waals surface area contributed by atoms with Crippen LogP contribution in [0.5, 0.6) is 0 Å². The third kappa shape index (κ3) is 4.81. The highest BCUT2D eigenvalue weighted by Crippen LogP contribution is 2.34. The molecule has 1 aromatic heterocycles. The van der Waals surface area contributed by atoms with Gasteiger partial charge in [-0.05, 0) is 25.2 Å². The van der Waals surface area contributed by atoms with Crippen molar-refractivity contribution < 1.29 is 9.59 Å². The standard InChI is InChI=1S/C20H32N4O2S/c1-13(2)12-21-18(25)15-5-6-16-17(11-15)27-20(22-16)24-9-7-23(8-10-24)19(26)14(3)4/h13-15H,5-12H2,1-4H3,(H,21,25)/t15-/m0/s1. The van der Waals surface area contributed by atoms with Crippen LogP contribution in [0.25, 0.3) is 0 Å². The number of thiazole rings is 1. The number of carbonyl (C=O) groups excluding carboxylic acids is 2. The molecule has 0 aromatic carbocycles. The number of rotatable bonds is 5. The van der Waals surface area contributed by atoms with Gasteiger partial charge in [0.2, 0.25) is 11.8 Å². The second-order valence-electron chi connectivity index (χ2n) is 8.41. The summed E-state index contributed by atoms with van der Waals surface area (Å²) in [4.78, 5) is 34.9. The number of hydrogen-bond acceptors (Lipinski definition) is 5. The number of aromatic nitrogens is 1. The molecule has 0 radical (unpaired) electrons. The minimum Gasteiger partial charge on any atom is -0.356 e. The van der Waals surface area contributed by atoms with Gasteiger partial charge in [-0.3, -0.25) is 9.59 Å². The zero-order chi connectivity index (χ0) is 19.6. The first kappa shape index (κ1) is 20.1. The fraction of sp³-hybridized carbons (Fsp3) is 0.750. The maximum absolute atomic E-state index is 12.4. The average Bonchev–Trinajstić information content (AvgIpc) is 3.08. The minimum absolute atomic E-state index is 0.0579. The summed E-state index contributed by atoms with van der Waals surface area (Å²) < 4.78 is 0. The highest BCUT2D eigenvalue weighted by atomic mass is 32.1. The fourth-order valence-corrected chi connectivity index (χ4v) is 4.89. The first-order valence-corrected chi connectivity index (χ1v) is 11.0. The van der Waals surface area contributed by atoms with Gasteiger partial charge in [0.1, 0.15) is 0 Å². The molecule has 150 valence electrons. The summed E-state index contributed by atoms with van der Waals surface area (Å²) in [6.45, 7) is 12.1. The molecule has 1 aliphatic carbocycles. The Labute approximate surface area is 166 Å². The molecule has 7 heteroatoms. The molecule has 6 nitrogen and oxygen atoms in total. The molecule has 1 aromatic rings. The Kier molecular flexibility index (Phi) is 6.40. The first-order valence-electron chi connectivity index (χ1n) is 10.1. The predicted molar refractivity (Wildman–Crippen MR) is 109 cm³/mol. The quantitative estimate of drug-likeness (QED) is 0.835. The molecular formula is C20H32N4O2S. The van der Waals surface area contributed by atoms with Crippen LogP contribution in [-0.2, 0) is 22.4 Å². The van der Waals surface area contributed by atoms with Gasteiger partial charge in [-0.15, -0.1) is 11.3 Å². The number of anilines is 1. The Balaban J connectivity index is 1.57. The fourth-order valence-electron chi connectivity index (χ4n) is 3.65. The maximum atomic E-state index is 12.4. The van der Waals surface area contributed by atoms with Crippen LogP contribution >= 0.6 is 11.3 Å². The summed E-state index contributed by atoms with van der Waals surface area (Å²) in [6.07, 6.45) is 2.58.